The van der Waals surface area contributed by atoms with E-state index in [1.165, 1.54) is 0 Å². The Kier molecular flexibility index (Phi) is 5.15. The molecule has 0 unspecified atom stereocenters. The smallest absolute Gasteiger partial charge is 0.147 e. The van der Waals surface area contributed by atoms with Crippen molar-refractivity contribution in [3.63, 3.8) is 0 Å². The second kappa shape index (κ2) is 5.90. The summed E-state index contributed by atoms with van der Waals surface area (Å²) < 4.78 is 5.72. The van der Waals surface area contributed by atoms with E-state index in [0.29, 0.717) is 16.2 Å². The van der Waals surface area contributed by atoms with Crippen LogP contribution in [0.25, 0.3) is 0 Å². The van der Waals surface area contributed by atoms with Gasteiger partial charge in [0.25, 0.3) is 0 Å². The van der Waals surface area contributed by atoms with Gasteiger partial charge in [-0.2, -0.15) is 11.8 Å². The summed E-state index contributed by atoms with van der Waals surface area (Å²) in [4.78, 5) is 8.46. The minimum absolute atomic E-state index is 0.435. The first-order valence-electron chi connectivity index (χ1n) is 3.87. The van der Waals surface area contributed by atoms with E-state index in [2.05, 4.69) is 25.9 Å². The first-order valence-corrected chi connectivity index (χ1v) is 6.44. The number of nitrogens with zero attached hydrogens (tertiary/aromatic N) is 2. The van der Waals surface area contributed by atoms with Crippen molar-refractivity contribution in [2.75, 3.05) is 13.4 Å². The van der Waals surface area contributed by atoms with Crippen LogP contribution in [0, 0.1) is 0 Å². The number of methoxy groups -OCH3 is 1. The average molecular weight is 298 g/mol. The van der Waals surface area contributed by atoms with Crippen LogP contribution in [0.3, 0.4) is 0 Å². The largest absolute Gasteiger partial charge is 0.378 e. The van der Waals surface area contributed by atoms with Crippen molar-refractivity contribution in [3.8, 4) is 0 Å². The Morgan fingerprint density at radius 2 is 2.21 bits per heavy atom. The third-order valence-electron chi connectivity index (χ3n) is 1.48. The molecule has 78 valence electrons. The predicted octanol–water partition coefficient (Wildman–Crippen LogP) is 2.90. The lowest BCUT2D eigenvalue weighted by Gasteiger charge is -2.06. The summed E-state index contributed by atoms with van der Waals surface area (Å²) in [5, 5.41) is 0.441. The van der Waals surface area contributed by atoms with Crippen LogP contribution in [0.15, 0.2) is 4.47 Å². The summed E-state index contributed by atoms with van der Waals surface area (Å²) in [6, 6.07) is 0. The van der Waals surface area contributed by atoms with Gasteiger partial charge in [0.2, 0.25) is 0 Å². The van der Waals surface area contributed by atoms with Crippen LogP contribution in [0.5, 0.6) is 0 Å². The molecule has 0 fully saturated rings. The van der Waals surface area contributed by atoms with Gasteiger partial charge in [-0.15, -0.1) is 0 Å². The predicted molar refractivity (Wildman–Crippen MR) is 62.7 cm³/mol. The van der Waals surface area contributed by atoms with E-state index in [1.807, 2.05) is 6.26 Å². The molecule has 0 aromatic carbocycles. The summed E-state index contributed by atoms with van der Waals surface area (Å²) in [5.74, 6) is 1.49. The van der Waals surface area contributed by atoms with Crippen molar-refractivity contribution >= 4 is 39.3 Å². The minimum Gasteiger partial charge on any atom is -0.378 e. The SMILES string of the molecule is COCc1nc(CSC)nc(Cl)c1Br. The molecule has 0 amide bonds. The monoisotopic (exact) mass is 296 g/mol. The van der Waals surface area contributed by atoms with Crippen molar-refractivity contribution in [1.82, 2.24) is 9.97 Å². The van der Waals surface area contributed by atoms with Crippen molar-refractivity contribution in [1.29, 1.82) is 0 Å². The Balaban J connectivity index is 3.01. The number of hydrogen-bond donors (Lipinski definition) is 0. The molecule has 0 spiro atoms. The number of aromatic nitrogens is 2. The fraction of sp³-hybridized carbons (Fsp3) is 0.500. The van der Waals surface area contributed by atoms with Crippen LogP contribution in [0.2, 0.25) is 5.15 Å². The summed E-state index contributed by atoms with van der Waals surface area (Å²) in [5.41, 5.74) is 0.788. The number of rotatable bonds is 4. The molecular formula is C8H10BrClN2OS. The van der Waals surface area contributed by atoms with Gasteiger partial charge in [0.15, 0.2) is 0 Å². The average Bonchev–Trinajstić information content (AvgIpc) is 2.14. The Hall–Kier alpha value is 0.160. The zero-order chi connectivity index (χ0) is 10.6. The molecule has 6 heteroatoms. The highest BCUT2D eigenvalue weighted by Gasteiger charge is 2.09. The maximum absolute atomic E-state index is 5.93. The molecule has 0 N–H and O–H groups in total. The van der Waals surface area contributed by atoms with Crippen molar-refractivity contribution in [2.45, 2.75) is 12.4 Å². The fourth-order valence-corrected chi connectivity index (χ4v) is 1.82. The number of halogens is 2. The highest BCUT2D eigenvalue weighted by atomic mass is 79.9. The first-order chi connectivity index (χ1) is 6.69. The second-order valence-electron chi connectivity index (χ2n) is 2.56. The summed E-state index contributed by atoms with van der Waals surface area (Å²) in [6.07, 6.45) is 2.00. The Bertz CT molecular complexity index is 324. The molecule has 0 atom stereocenters. The molecule has 0 aliphatic rings. The van der Waals surface area contributed by atoms with Crippen molar-refractivity contribution < 1.29 is 4.74 Å². The lowest BCUT2D eigenvalue weighted by molar-refractivity contribution is 0.180. The highest BCUT2D eigenvalue weighted by Crippen LogP contribution is 2.24. The van der Waals surface area contributed by atoms with Crippen LogP contribution in [-0.2, 0) is 17.1 Å². The Morgan fingerprint density at radius 1 is 1.50 bits per heavy atom. The molecule has 14 heavy (non-hydrogen) atoms. The van der Waals surface area contributed by atoms with Crippen LogP contribution < -0.4 is 0 Å². The van der Waals surface area contributed by atoms with Crippen molar-refractivity contribution in [2.24, 2.45) is 0 Å². The van der Waals surface area contributed by atoms with E-state index in [-0.39, 0.29) is 0 Å². The normalized spacial score (nSPS) is 10.6. The van der Waals surface area contributed by atoms with Gasteiger partial charge in [-0.05, 0) is 22.2 Å². The van der Waals surface area contributed by atoms with Crippen LogP contribution >= 0.6 is 39.3 Å². The summed E-state index contributed by atoms with van der Waals surface area (Å²) in [6.45, 7) is 0.435. The van der Waals surface area contributed by atoms with E-state index < -0.39 is 0 Å². The third-order valence-corrected chi connectivity index (χ3v) is 3.36. The van der Waals surface area contributed by atoms with Gasteiger partial charge in [-0.1, -0.05) is 11.6 Å². The molecule has 3 nitrogen and oxygen atoms in total. The second-order valence-corrected chi connectivity index (χ2v) is 4.57. The summed E-state index contributed by atoms with van der Waals surface area (Å²) >= 11 is 10.9. The molecule has 1 rings (SSSR count). The number of thioether (sulfide) groups is 1. The lowest BCUT2D eigenvalue weighted by Crippen LogP contribution is -2.01. The van der Waals surface area contributed by atoms with E-state index >= 15 is 0 Å². The Morgan fingerprint density at radius 3 is 2.79 bits per heavy atom. The molecular weight excluding hydrogens is 288 g/mol. The summed E-state index contributed by atoms with van der Waals surface area (Å²) in [7, 11) is 1.62. The van der Waals surface area contributed by atoms with Gasteiger partial charge < -0.3 is 4.74 Å². The van der Waals surface area contributed by atoms with E-state index in [9.17, 15) is 0 Å². The van der Waals surface area contributed by atoms with Gasteiger partial charge in [-0.3, -0.25) is 0 Å². The molecule has 0 aliphatic heterocycles. The van der Waals surface area contributed by atoms with Gasteiger partial charge in [0, 0.05) is 7.11 Å². The maximum atomic E-state index is 5.93. The molecule has 1 aromatic heterocycles. The highest BCUT2D eigenvalue weighted by molar-refractivity contribution is 9.10. The molecule has 1 heterocycles. The fourth-order valence-electron chi connectivity index (χ4n) is 0.937. The van der Waals surface area contributed by atoms with Crippen LogP contribution in [0.4, 0.5) is 0 Å². The zero-order valence-corrected chi connectivity index (χ0v) is 11.0. The Labute approximate surface area is 101 Å². The number of hydrogen-bond acceptors (Lipinski definition) is 4. The minimum atomic E-state index is 0.435. The first kappa shape index (κ1) is 12.2. The van der Waals surface area contributed by atoms with Gasteiger partial charge in [0.05, 0.1) is 22.5 Å². The zero-order valence-electron chi connectivity index (χ0n) is 7.88. The topological polar surface area (TPSA) is 35.0 Å². The molecule has 0 saturated carbocycles. The quantitative estimate of drug-likeness (QED) is 0.801. The molecule has 0 radical (unpaired) electrons. The van der Waals surface area contributed by atoms with Gasteiger partial charge in [-0.25, -0.2) is 9.97 Å². The van der Waals surface area contributed by atoms with Crippen molar-refractivity contribution in [3.05, 3.63) is 21.1 Å². The maximum Gasteiger partial charge on any atom is 0.147 e. The number of ether oxygens (including phenoxy) is 1. The van der Waals surface area contributed by atoms with E-state index in [1.54, 1.807) is 18.9 Å². The van der Waals surface area contributed by atoms with Gasteiger partial charge >= 0.3 is 0 Å². The molecule has 0 saturated heterocycles. The van der Waals surface area contributed by atoms with E-state index in [0.717, 1.165) is 17.3 Å². The van der Waals surface area contributed by atoms with E-state index in [4.69, 9.17) is 16.3 Å². The molecule has 1 aromatic rings. The molecule has 0 aliphatic carbocycles. The molecule has 0 bridgehead atoms. The third kappa shape index (κ3) is 3.08. The van der Waals surface area contributed by atoms with Crippen LogP contribution in [0.1, 0.15) is 11.5 Å². The van der Waals surface area contributed by atoms with Crippen LogP contribution in [-0.4, -0.2) is 23.3 Å². The lowest BCUT2D eigenvalue weighted by atomic mass is 10.4. The standard InChI is InChI=1S/C8H10BrClN2OS/c1-13-3-5-7(9)8(10)12-6(11-5)4-14-2/h3-4H2,1-2H3. The van der Waals surface area contributed by atoms with Gasteiger partial charge in [0.1, 0.15) is 11.0 Å².